The first kappa shape index (κ1) is 46.1. The zero-order valence-corrected chi connectivity index (χ0v) is 35.1. The first-order chi connectivity index (χ1) is 27.2. The number of fused-ring (bicyclic) bond motifs is 2. The molecule has 0 aliphatic carbocycles. The smallest absolute Gasteiger partial charge is 0.338 e. The van der Waals surface area contributed by atoms with Crippen LogP contribution < -0.4 is 4.90 Å². The van der Waals surface area contributed by atoms with E-state index in [-0.39, 0.29) is 32.4 Å². The van der Waals surface area contributed by atoms with E-state index >= 15 is 0 Å². The second-order valence-electron chi connectivity index (χ2n) is 15.3. The van der Waals surface area contributed by atoms with Crippen molar-refractivity contribution in [3.63, 3.8) is 0 Å². The SMILES string of the molecule is CCOC(=O)c1ccc2c(c1)C(C)(C)C(/C=C/C=C/C=C1\N(CCCS(=O)(=O)O)c3ccc(S(=O)(=O)[O-])cc3C1(C)CCCCCC(=O)O)=[N+]2CCCCCC(=O)O. The van der Waals surface area contributed by atoms with Crippen LogP contribution in [0.2, 0.25) is 0 Å². The molecule has 316 valence electrons. The molecule has 58 heavy (non-hydrogen) atoms. The molecule has 14 nitrogen and oxygen atoms in total. The van der Waals surface area contributed by atoms with Gasteiger partial charge in [-0.3, -0.25) is 14.1 Å². The van der Waals surface area contributed by atoms with Crippen LogP contribution in [0.25, 0.3) is 0 Å². The van der Waals surface area contributed by atoms with Crippen LogP contribution in [0.3, 0.4) is 0 Å². The molecule has 1 unspecified atom stereocenters. The monoisotopic (exact) mass is 842 g/mol. The topological polar surface area (TPSA) is 219 Å². The summed E-state index contributed by atoms with van der Waals surface area (Å²) in [6, 6.07) is 9.60. The Morgan fingerprint density at radius 3 is 2.14 bits per heavy atom. The summed E-state index contributed by atoms with van der Waals surface area (Å²) in [6.07, 6.45) is 13.6. The predicted octanol–water partition coefficient (Wildman–Crippen LogP) is 6.88. The largest absolute Gasteiger partial charge is 0.744 e. The summed E-state index contributed by atoms with van der Waals surface area (Å²) in [4.78, 5) is 36.4. The molecule has 3 N–H and O–H groups in total. The van der Waals surface area contributed by atoms with E-state index in [2.05, 4.69) is 18.4 Å². The van der Waals surface area contributed by atoms with Crippen LogP contribution in [0.5, 0.6) is 0 Å². The fourth-order valence-electron chi connectivity index (χ4n) is 7.87. The average molecular weight is 843 g/mol. The highest BCUT2D eigenvalue weighted by Gasteiger charge is 2.45. The fourth-order valence-corrected chi connectivity index (χ4v) is 8.86. The molecule has 0 spiro atoms. The Bertz CT molecular complexity index is 2220. The van der Waals surface area contributed by atoms with E-state index in [4.69, 9.17) is 14.9 Å². The molecule has 2 aliphatic rings. The first-order valence-electron chi connectivity index (χ1n) is 19.5. The van der Waals surface area contributed by atoms with Crippen molar-refractivity contribution in [2.24, 2.45) is 0 Å². The van der Waals surface area contributed by atoms with Gasteiger partial charge in [-0.1, -0.05) is 31.1 Å². The number of carboxylic acids is 2. The van der Waals surface area contributed by atoms with E-state index in [0.29, 0.717) is 67.6 Å². The second kappa shape index (κ2) is 19.4. The lowest BCUT2D eigenvalue weighted by atomic mass is 9.77. The molecule has 0 fully saturated rings. The van der Waals surface area contributed by atoms with Gasteiger partial charge in [-0.15, -0.1) is 0 Å². The summed E-state index contributed by atoms with van der Waals surface area (Å²) in [5.41, 5.74) is 3.74. The van der Waals surface area contributed by atoms with E-state index in [1.165, 1.54) is 18.2 Å². The molecular formula is C42H54N2O12S2. The Labute approximate surface area is 341 Å². The van der Waals surface area contributed by atoms with Crippen molar-refractivity contribution in [3.8, 4) is 0 Å². The lowest BCUT2D eigenvalue weighted by Gasteiger charge is -2.30. The Kier molecular flexibility index (Phi) is 15.4. The zero-order valence-electron chi connectivity index (χ0n) is 33.5. The lowest BCUT2D eigenvalue weighted by molar-refractivity contribution is -0.438. The van der Waals surface area contributed by atoms with E-state index in [0.717, 1.165) is 23.4 Å². The number of carbonyl (C=O) groups is 3. The van der Waals surface area contributed by atoms with Crippen molar-refractivity contribution in [1.82, 2.24) is 0 Å². The number of hydrogen-bond acceptors (Lipinski definition) is 10. The van der Waals surface area contributed by atoms with Gasteiger partial charge in [0.25, 0.3) is 10.1 Å². The van der Waals surface area contributed by atoms with E-state index < -0.39 is 59.6 Å². The molecule has 0 saturated heterocycles. The number of aliphatic carboxylic acids is 2. The molecule has 0 bridgehead atoms. The molecular weight excluding hydrogens is 789 g/mol. The Morgan fingerprint density at radius 2 is 1.52 bits per heavy atom. The highest BCUT2D eigenvalue weighted by molar-refractivity contribution is 7.86. The van der Waals surface area contributed by atoms with Crippen molar-refractivity contribution < 1.29 is 59.9 Å². The van der Waals surface area contributed by atoms with Gasteiger partial charge in [-0.2, -0.15) is 13.0 Å². The number of carboxylic acid groups (broad SMARTS) is 2. The molecule has 2 aromatic rings. The van der Waals surface area contributed by atoms with Gasteiger partial charge in [0, 0.05) is 60.3 Å². The molecule has 2 heterocycles. The molecule has 2 aromatic carbocycles. The van der Waals surface area contributed by atoms with Gasteiger partial charge in [0.05, 0.1) is 28.2 Å². The minimum atomic E-state index is -4.81. The van der Waals surface area contributed by atoms with Gasteiger partial charge in [0.1, 0.15) is 16.7 Å². The van der Waals surface area contributed by atoms with Gasteiger partial charge >= 0.3 is 17.9 Å². The number of esters is 1. The van der Waals surface area contributed by atoms with Gasteiger partial charge in [0.2, 0.25) is 5.69 Å². The van der Waals surface area contributed by atoms with Crippen molar-refractivity contribution in [3.05, 3.63) is 89.2 Å². The van der Waals surface area contributed by atoms with Crippen LogP contribution in [-0.2, 0) is 45.4 Å². The molecule has 4 rings (SSSR count). The number of hydrogen-bond donors (Lipinski definition) is 3. The number of unbranched alkanes of at least 4 members (excludes halogenated alkanes) is 4. The Hall–Kier alpha value is -4.64. The standard InChI is InChI=1S/C42H54N2O12S2/c1-5-56-40(49)30-20-22-34-32(28-30)41(2,3)36(43(34)25-14-8-12-19-39(47)48)16-9-6-10-17-37-42(4,24-13-7-11-18-38(45)46)33-29-31(58(53,54)55)21-23-35(33)44(37)26-15-27-57(50,51)52/h6,9-10,16-17,20-23,28-29H,5,7-8,11-15,18-19,24-27H2,1-4H3,(H3-,45,46,47,48,50,51,52,53,54,55). The minimum absolute atomic E-state index is 0.000998. The molecule has 16 heteroatoms. The van der Waals surface area contributed by atoms with E-state index in [1.807, 2.05) is 54.3 Å². The number of rotatable bonds is 22. The van der Waals surface area contributed by atoms with Crippen LogP contribution >= 0.6 is 0 Å². The molecule has 2 aliphatic heterocycles. The van der Waals surface area contributed by atoms with Crippen LogP contribution in [0.4, 0.5) is 11.4 Å². The highest BCUT2D eigenvalue weighted by Crippen LogP contribution is 2.51. The van der Waals surface area contributed by atoms with Crippen LogP contribution in [0.1, 0.15) is 113 Å². The van der Waals surface area contributed by atoms with Crippen molar-refractivity contribution in [1.29, 1.82) is 0 Å². The Balaban J connectivity index is 1.74. The van der Waals surface area contributed by atoms with Crippen molar-refractivity contribution in [2.75, 3.05) is 30.3 Å². The number of nitrogens with zero attached hydrogens (tertiary/aromatic N) is 2. The van der Waals surface area contributed by atoms with Crippen molar-refractivity contribution >= 4 is 55.2 Å². The summed E-state index contributed by atoms with van der Waals surface area (Å²) in [5.74, 6) is -2.66. The summed E-state index contributed by atoms with van der Waals surface area (Å²) in [5, 5.41) is 18.2. The van der Waals surface area contributed by atoms with E-state index in [1.54, 1.807) is 13.0 Å². The van der Waals surface area contributed by atoms with Crippen LogP contribution in [0, 0.1) is 0 Å². The number of ether oxygens (including phenoxy) is 1. The summed E-state index contributed by atoms with van der Waals surface area (Å²) in [6.45, 7) is 8.80. The van der Waals surface area contributed by atoms with Crippen LogP contribution in [-0.4, -0.2) is 89.8 Å². The predicted molar refractivity (Wildman–Crippen MR) is 219 cm³/mol. The quantitative estimate of drug-likeness (QED) is 0.0363. The number of allylic oxidation sites excluding steroid dienone is 6. The maximum Gasteiger partial charge on any atom is 0.338 e. The third kappa shape index (κ3) is 11.5. The number of anilines is 1. The summed E-state index contributed by atoms with van der Waals surface area (Å²) >= 11 is 0. The third-order valence-electron chi connectivity index (χ3n) is 10.8. The minimum Gasteiger partial charge on any atom is -0.744 e. The van der Waals surface area contributed by atoms with E-state index in [9.17, 15) is 40.3 Å². The molecule has 1 atom stereocenters. The Morgan fingerprint density at radius 1 is 0.845 bits per heavy atom. The normalized spacial score (nSPS) is 18.4. The highest BCUT2D eigenvalue weighted by atomic mass is 32.2. The molecule has 0 aromatic heterocycles. The van der Waals surface area contributed by atoms with Gasteiger partial charge < -0.3 is 24.4 Å². The van der Waals surface area contributed by atoms with Crippen molar-refractivity contribution in [2.45, 2.75) is 108 Å². The lowest BCUT2D eigenvalue weighted by Crippen LogP contribution is -2.30. The molecule has 0 amide bonds. The zero-order chi connectivity index (χ0) is 42.9. The molecule has 0 radical (unpaired) electrons. The summed E-state index contributed by atoms with van der Waals surface area (Å²) in [7, 11) is -9.09. The number of benzene rings is 2. The van der Waals surface area contributed by atoms with Gasteiger partial charge in [-0.25, -0.2) is 13.2 Å². The maximum atomic E-state index is 12.7. The van der Waals surface area contributed by atoms with Gasteiger partial charge in [0.15, 0.2) is 5.71 Å². The third-order valence-corrected chi connectivity index (χ3v) is 12.4. The maximum absolute atomic E-state index is 12.7. The molecule has 0 saturated carbocycles. The van der Waals surface area contributed by atoms with Gasteiger partial charge in [-0.05, 0) is 102 Å². The van der Waals surface area contributed by atoms with Crippen LogP contribution in [0.15, 0.2) is 77.4 Å². The fraction of sp³-hybridized carbons (Fsp3) is 0.476. The average Bonchev–Trinajstić information content (AvgIpc) is 3.48. The second-order valence-corrected chi connectivity index (χ2v) is 18.3. The number of carbonyl (C=O) groups excluding carboxylic acids is 1. The summed E-state index contributed by atoms with van der Waals surface area (Å²) < 4.78 is 76.6. The first-order valence-corrected chi connectivity index (χ1v) is 22.5.